The normalized spacial score (nSPS) is 9.42. The van der Waals surface area contributed by atoms with E-state index in [1.54, 1.807) is 18.3 Å². The van der Waals surface area contributed by atoms with Gasteiger partial charge in [-0.3, -0.25) is 4.98 Å². The highest BCUT2D eigenvalue weighted by Crippen LogP contribution is 2.10. The van der Waals surface area contributed by atoms with Gasteiger partial charge in [0.1, 0.15) is 0 Å². The van der Waals surface area contributed by atoms with Gasteiger partial charge in [-0.15, -0.1) is 11.6 Å². The van der Waals surface area contributed by atoms with Crippen LogP contribution in [0.5, 0.6) is 0 Å². The fraction of sp³-hybridized carbons (Fsp3) is 0.143. The molecule has 0 aliphatic heterocycles. The van der Waals surface area contributed by atoms with Gasteiger partial charge in [0.2, 0.25) is 0 Å². The van der Waals surface area contributed by atoms with E-state index in [0.717, 1.165) is 5.69 Å². The third-order valence-electron chi connectivity index (χ3n) is 1.20. The lowest BCUT2D eigenvalue weighted by atomic mass is 10.3. The summed E-state index contributed by atoms with van der Waals surface area (Å²) in [4.78, 5) is 7.80. The van der Waals surface area contributed by atoms with Gasteiger partial charge in [0.05, 0.1) is 23.5 Å². The number of aliphatic imine (C=N–C) groups is 1. The molecule has 0 aromatic carbocycles. The Morgan fingerprint density at radius 3 is 2.67 bits per heavy atom. The Hall–Kier alpha value is -1.29. The van der Waals surface area contributed by atoms with E-state index in [1.807, 2.05) is 0 Å². The largest absolute Gasteiger partial charge is 0.370 e. The highest BCUT2D eigenvalue weighted by Gasteiger charge is 1.92. The Bertz CT molecular complexity index is 276. The minimum absolute atomic E-state index is 0.0235. The lowest BCUT2D eigenvalue weighted by Gasteiger charge is -1.95. The monoisotopic (exact) mass is 184 g/mol. The van der Waals surface area contributed by atoms with Crippen molar-refractivity contribution in [3.05, 3.63) is 24.0 Å². The maximum Gasteiger partial charge on any atom is 0.191 e. The third-order valence-corrected chi connectivity index (χ3v) is 1.48. The fourth-order valence-corrected chi connectivity index (χ4v) is 0.869. The van der Waals surface area contributed by atoms with Gasteiger partial charge in [-0.25, -0.2) is 4.99 Å². The van der Waals surface area contributed by atoms with E-state index >= 15 is 0 Å². The molecular formula is C7H9ClN4. The zero-order valence-corrected chi connectivity index (χ0v) is 7.12. The van der Waals surface area contributed by atoms with Crippen molar-refractivity contribution in [3.63, 3.8) is 0 Å². The zero-order valence-electron chi connectivity index (χ0n) is 6.37. The summed E-state index contributed by atoms with van der Waals surface area (Å²) >= 11 is 5.54. The number of halogens is 1. The zero-order chi connectivity index (χ0) is 8.97. The number of nitrogens with zero attached hydrogens (tertiary/aromatic N) is 2. The van der Waals surface area contributed by atoms with Gasteiger partial charge in [-0.05, 0) is 12.1 Å². The van der Waals surface area contributed by atoms with Gasteiger partial charge < -0.3 is 11.5 Å². The van der Waals surface area contributed by atoms with Crippen molar-refractivity contribution in [2.45, 2.75) is 5.88 Å². The minimum atomic E-state index is 0.0235. The number of pyridine rings is 1. The van der Waals surface area contributed by atoms with Crippen molar-refractivity contribution < 1.29 is 0 Å². The Kier molecular flexibility index (Phi) is 2.88. The summed E-state index contributed by atoms with van der Waals surface area (Å²) in [6.45, 7) is 0. The van der Waals surface area contributed by atoms with Gasteiger partial charge in [0.15, 0.2) is 5.96 Å². The highest BCUT2D eigenvalue weighted by atomic mass is 35.5. The van der Waals surface area contributed by atoms with Crippen LogP contribution in [0.3, 0.4) is 0 Å². The molecule has 0 unspecified atom stereocenters. The Balaban J connectivity index is 2.85. The summed E-state index contributed by atoms with van der Waals surface area (Å²) in [5.74, 6) is 0.415. The molecule has 0 bridgehead atoms. The molecule has 0 spiro atoms. The van der Waals surface area contributed by atoms with Crippen LogP contribution in [-0.2, 0) is 5.88 Å². The van der Waals surface area contributed by atoms with Gasteiger partial charge in [0, 0.05) is 0 Å². The van der Waals surface area contributed by atoms with Crippen LogP contribution in [0.2, 0.25) is 0 Å². The molecule has 0 aliphatic rings. The first-order chi connectivity index (χ1) is 5.72. The summed E-state index contributed by atoms with van der Waals surface area (Å²) in [7, 11) is 0. The summed E-state index contributed by atoms with van der Waals surface area (Å²) in [6.07, 6.45) is 1.57. The summed E-state index contributed by atoms with van der Waals surface area (Å²) < 4.78 is 0. The Morgan fingerprint density at radius 2 is 2.25 bits per heavy atom. The van der Waals surface area contributed by atoms with E-state index in [0.29, 0.717) is 11.6 Å². The average molecular weight is 185 g/mol. The number of rotatable bonds is 2. The van der Waals surface area contributed by atoms with E-state index in [2.05, 4.69) is 9.98 Å². The van der Waals surface area contributed by atoms with Crippen LogP contribution < -0.4 is 11.5 Å². The lowest BCUT2D eigenvalue weighted by Crippen LogP contribution is -2.21. The predicted octanol–water partition coefficient (Wildman–Crippen LogP) is 0.725. The molecule has 1 aromatic rings. The van der Waals surface area contributed by atoms with Crippen molar-refractivity contribution in [2.24, 2.45) is 16.5 Å². The first-order valence-corrected chi connectivity index (χ1v) is 3.86. The number of alkyl halides is 1. The summed E-state index contributed by atoms with van der Waals surface area (Å²) in [5, 5.41) is 0. The van der Waals surface area contributed by atoms with Crippen molar-refractivity contribution in [1.29, 1.82) is 0 Å². The molecule has 64 valence electrons. The summed E-state index contributed by atoms with van der Waals surface area (Å²) in [6, 6.07) is 3.53. The van der Waals surface area contributed by atoms with Crippen molar-refractivity contribution in [2.75, 3.05) is 0 Å². The quantitative estimate of drug-likeness (QED) is 0.404. The SMILES string of the molecule is NC(N)=Nc1ccc(CCl)nc1. The molecule has 0 aliphatic carbocycles. The van der Waals surface area contributed by atoms with E-state index in [4.69, 9.17) is 23.1 Å². The van der Waals surface area contributed by atoms with Crippen LogP contribution in [0.1, 0.15) is 5.69 Å². The van der Waals surface area contributed by atoms with Gasteiger partial charge >= 0.3 is 0 Å². The molecule has 1 aromatic heterocycles. The predicted molar refractivity (Wildman–Crippen MR) is 49.3 cm³/mol. The van der Waals surface area contributed by atoms with E-state index in [-0.39, 0.29) is 5.96 Å². The molecule has 0 radical (unpaired) electrons. The van der Waals surface area contributed by atoms with E-state index in [1.165, 1.54) is 0 Å². The minimum Gasteiger partial charge on any atom is -0.370 e. The van der Waals surface area contributed by atoms with Crippen LogP contribution in [0.25, 0.3) is 0 Å². The molecule has 12 heavy (non-hydrogen) atoms. The molecule has 4 N–H and O–H groups in total. The van der Waals surface area contributed by atoms with Crippen LogP contribution in [0.15, 0.2) is 23.3 Å². The van der Waals surface area contributed by atoms with Crippen molar-refractivity contribution >= 4 is 23.2 Å². The second kappa shape index (κ2) is 3.92. The van der Waals surface area contributed by atoms with Crippen molar-refractivity contribution in [1.82, 2.24) is 4.98 Å². The van der Waals surface area contributed by atoms with E-state index < -0.39 is 0 Å². The Morgan fingerprint density at radius 1 is 1.50 bits per heavy atom. The smallest absolute Gasteiger partial charge is 0.191 e. The van der Waals surface area contributed by atoms with Crippen molar-refractivity contribution in [3.8, 4) is 0 Å². The maximum atomic E-state index is 5.54. The van der Waals surface area contributed by atoms with Crippen LogP contribution in [-0.4, -0.2) is 10.9 Å². The van der Waals surface area contributed by atoms with Gasteiger partial charge in [-0.1, -0.05) is 0 Å². The molecular weight excluding hydrogens is 176 g/mol. The molecule has 0 amide bonds. The number of guanidine groups is 1. The van der Waals surface area contributed by atoms with Gasteiger partial charge in [0.25, 0.3) is 0 Å². The first kappa shape index (κ1) is 8.80. The van der Waals surface area contributed by atoms with Crippen LogP contribution >= 0.6 is 11.6 Å². The lowest BCUT2D eigenvalue weighted by molar-refractivity contribution is 1.16. The second-order valence-corrected chi connectivity index (χ2v) is 2.45. The molecule has 0 atom stereocenters. The molecule has 0 fully saturated rings. The highest BCUT2D eigenvalue weighted by molar-refractivity contribution is 6.16. The van der Waals surface area contributed by atoms with E-state index in [9.17, 15) is 0 Å². The second-order valence-electron chi connectivity index (χ2n) is 2.18. The number of hydrogen-bond acceptors (Lipinski definition) is 2. The van der Waals surface area contributed by atoms with Gasteiger partial charge in [-0.2, -0.15) is 0 Å². The molecule has 0 saturated carbocycles. The average Bonchev–Trinajstić information content (AvgIpc) is 2.05. The number of aromatic nitrogens is 1. The fourth-order valence-electron chi connectivity index (χ4n) is 0.711. The number of hydrogen-bond donors (Lipinski definition) is 2. The molecule has 0 saturated heterocycles. The van der Waals surface area contributed by atoms with Crippen LogP contribution in [0, 0.1) is 0 Å². The Labute approximate surface area is 75.3 Å². The molecule has 5 heteroatoms. The third kappa shape index (κ3) is 2.39. The first-order valence-electron chi connectivity index (χ1n) is 3.33. The summed E-state index contributed by atoms with van der Waals surface area (Å²) in [5.41, 5.74) is 11.8. The standard InChI is InChI=1S/C7H9ClN4/c8-3-5-1-2-6(4-11-5)12-7(9)10/h1-2,4H,3H2,(H4,9,10,12). The topological polar surface area (TPSA) is 77.3 Å². The molecule has 4 nitrogen and oxygen atoms in total. The molecule has 1 heterocycles. The molecule has 1 rings (SSSR count). The van der Waals surface area contributed by atoms with Crippen LogP contribution in [0.4, 0.5) is 5.69 Å². The number of nitrogens with two attached hydrogens (primary N) is 2. The maximum absolute atomic E-state index is 5.54.